The first-order chi connectivity index (χ1) is 12.3. The van der Waals surface area contributed by atoms with Crippen molar-refractivity contribution in [1.82, 2.24) is 14.8 Å². The smallest absolute Gasteiger partial charge is 0.256 e. The van der Waals surface area contributed by atoms with Crippen LogP contribution in [0.3, 0.4) is 0 Å². The second-order valence-electron chi connectivity index (χ2n) is 7.22. The SMILES string of the molecule is O=C1c2cccnc2CN1CCC1CCN(Cc2ccccc2)CC1. The van der Waals surface area contributed by atoms with Crippen molar-refractivity contribution in [2.75, 3.05) is 19.6 Å². The summed E-state index contributed by atoms with van der Waals surface area (Å²) in [6.07, 6.45) is 5.36. The molecule has 4 rings (SSSR count). The molecule has 1 aromatic carbocycles. The lowest BCUT2D eigenvalue weighted by Gasteiger charge is -2.32. The van der Waals surface area contributed by atoms with Crippen LogP contribution >= 0.6 is 0 Å². The summed E-state index contributed by atoms with van der Waals surface area (Å²) in [5.74, 6) is 0.890. The van der Waals surface area contributed by atoms with Crippen LogP contribution in [0.15, 0.2) is 48.7 Å². The van der Waals surface area contributed by atoms with Gasteiger partial charge in [-0.05, 0) is 56.0 Å². The lowest BCUT2D eigenvalue weighted by molar-refractivity contribution is 0.0757. The van der Waals surface area contributed by atoms with Crippen molar-refractivity contribution < 1.29 is 4.79 Å². The minimum atomic E-state index is 0.157. The Hall–Kier alpha value is -2.20. The number of carbonyl (C=O) groups excluding carboxylic acids is 1. The first-order valence-electron chi connectivity index (χ1n) is 9.29. The van der Waals surface area contributed by atoms with Crippen LogP contribution in [0, 0.1) is 5.92 Å². The van der Waals surface area contributed by atoms with E-state index >= 15 is 0 Å². The average molecular weight is 335 g/mol. The minimum Gasteiger partial charge on any atom is -0.333 e. The molecule has 0 spiro atoms. The van der Waals surface area contributed by atoms with Gasteiger partial charge < -0.3 is 4.90 Å². The van der Waals surface area contributed by atoms with Crippen molar-refractivity contribution in [2.45, 2.75) is 32.4 Å². The van der Waals surface area contributed by atoms with Crippen molar-refractivity contribution in [3.63, 3.8) is 0 Å². The van der Waals surface area contributed by atoms with Gasteiger partial charge in [0, 0.05) is 19.3 Å². The largest absolute Gasteiger partial charge is 0.333 e. The molecule has 1 amide bonds. The van der Waals surface area contributed by atoms with E-state index in [-0.39, 0.29) is 5.91 Å². The molecular weight excluding hydrogens is 310 g/mol. The Morgan fingerprint density at radius 1 is 1.04 bits per heavy atom. The number of carbonyl (C=O) groups is 1. The van der Waals surface area contributed by atoms with Crippen LogP contribution in [0.5, 0.6) is 0 Å². The zero-order valence-electron chi connectivity index (χ0n) is 14.6. The molecule has 0 N–H and O–H groups in total. The Kier molecular flexibility index (Phi) is 4.79. The highest BCUT2D eigenvalue weighted by atomic mass is 16.2. The summed E-state index contributed by atoms with van der Waals surface area (Å²) >= 11 is 0. The van der Waals surface area contributed by atoms with Crippen LogP contribution in [0.4, 0.5) is 0 Å². The van der Waals surface area contributed by atoms with Gasteiger partial charge in [-0.2, -0.15) is 0 Å². The molecule has 4 nitrogen and oxygen atoms in total. The Morgan fingerprint density at radius 2 is 1.84 bits per heavy atom. The Balaban J connectivity index is 1.23. The highest BCUT2D eigenvalue weighted by molar-refractivity contribution is 5.97. The Bertz CT molecular complexity index is 723. The molecule has 1 fully saturated rings. The fraction of sp³-hybridized carbons (Fsp3) is 0.429. The van der Waals surface area contributed by atoms with Crippen molar-refractivity contribution in [2.24, 2.45) is 5.92 Å². The summed E-state index contributed by atoms with van der Waals surface area (Å²) in [7, 11) is 0. The zero-order chi connectivity index (χ0) is 17.1. The molecule has 2 aliphatic rings. The molecule has 0 aliphatic carbocycles. The van der Waals surface area contributed by atoms with Gasteiger partial charge in [0.05, 0.1) is 17.8 Å². The minimum absolute atomic E-state index is 0.157. The third-order valence-corrected chi connectivity index (χ3v) is 5.51. The van der Waals surface area contributed by atoms with E-state index in [9.17, 15) is 4.79 Å². The topological polar surface area (TPSA) is 36.4 Å². The van der Waals surface area contributed by atoms with Gasteiger partial charge in [-0.1, -0.05) is 30.3 Å². The fourth-order valence-electron chi connectivity index (χ4n) is 3.98. The Morgan fingerprint density at radius 3 is 2.60 bits per heavy atom. The molecule has 3 heterocycles. The predicted octanol–water partition coefficient (Wildman–Crippen LogP) is 3.34. The van der Waals surface area contributed by atoms with Crippen molar-refractivity contribution in [3.8, 4) is 0 Å². The van der Waals surface area contributed by atoms with Crippen LogP contribution in [0.25, 0.3) is 0 Å². The number of piperidine rings is 1. The summed E-state index contributed by atoms with van der Waals surface area (Å²) in [5, 5.41) is 0. The first kappa shape index (κ1) is 16.3. The number of pyridine rings is 1. The molecule has 0 bridgehead atoms. The number of hydrogen-bond acceptors (Lipinski definition) is 3. The number of amides is 1. The van der Waals surface area contributed by atoms with E-state index in [4.69, 9.17) is 0 Å². The van der Waals surface area contributed by atoms with Crippen molar-refractivity contribution in [1.29, 1.82) is 0 Å². The number of fused-ring (bicyclic) bond motifs is 1. The van der Waals surface area contributed by atoms with Gasteiger partial charge in [-0.25, -0.2) is 0 Å². The number of benzene rings is 1. The molecule has 4 heteroatoms. The standard InChI is InChI=1S/C21H25N3O/c25-21-19-7-4-11-22-20(19)16-24(21)14-10-17-8-12-23(13-9-17)15-18-5-2-1-3-6-18/h1-7,11,17H,8-10,12-16H2. The van der Waals surface area contributed by atoms with Gasteiger partial charge >= 0.3 is 0 Å². The lowest BCUT2D eigenvalue weighted by atomic mass is 9.93. The average Bonchev–Trinajstić information content (AvgIpc) is 2.98. The second-order valence-corrected chi connectivity index (χ2v) is 7.22. The quantitative estimate of drug-likeness (QED) is 0.841. The van der Waals surface area contributed by atoms with Crippen molar-refractivity contribution in [3.05, 3.63) is 65.5 Å². The maximum absolute atomic E-state index is 12.4. The van der Waals surface area contributed by atoms with Gasteiger partial charge in [0.25, 0.3) is 5.91 Å². The van der Waals surface area contributed by atoms with Crippen LogP contribution in [0.1, 0.15) is 40.9 Å². The molecule has 2 aromatic rings. The molecular formula is C21H25N3O. The summed E-state index contributed by atoms with van der Waals surface area (Å²) in [6.45, 7) is 4.92. The number of rotatable bonds is 5. The summed E-state index contributed by atoms with van der Waals surface area (Å²) in [4.78, 5) is 21.3. The molecule has 25 heavy (non-hydrogen) atoms. The van der Waals surface area contributed by atoms with E-state index < -0.39 is 0 Å². The van der Waals surface area contributed by atoms with Crippen LogP contribution in [-0.4, -0.2) is 40.3 Å². The molecule has 0 saturated carbocycles. The van der Waals surface area contributed by atoms with Crippen molar-refractivity contribution >= 4 is 5.91 Å². The molecule has 0 unspecified atom stereocenters. The van der Waals surface area contributed by atoms with Crippen LogP contribution in [0.2, 0.25) is 0 Å². The van der Waals surface area contributed by atoms with E-state index in [1.165, 1.54) is 18.4 Å². The molecule has 130 valence electrons. The first-order valence-corrected chi connectivity index (χ1v) is 9.29. The number of nitrogens with zero attached hydrogens (tertiary/aromatic N) is 3. The maximum atomic E-state index is 12.4. The maximum Gasteiger partial charge on any atom is 0.256 e. The zero-order valence-corrected chi connectivity index (χ0v) is 14.6. The molecule has 1 aromatic heterocycles. The normalized spacial score (nSPS) is 18.6. The summed E-state index contributed by atoms with van der Waals surface area (Å²) in [6, 6.07) is 14.5. The second kappa shape index (κ2) is 7.36. The van der Waals surface area contributed by atoms with Crippen LogP contribution in [-0.2, 0) is 13.1 Å². The molecule has 1 saturated heterocycles. The van der Waals surface area contributed by atoms with Gasteiger partial charge in [0.15, 0.2) is 0 Å². The summed E-state index contributed by atoms with van der Waals surface area (Å²) in [5.41, 5.74) is 3.12. The number of aromatic nitrogens is 1. The lowest BCUT2D eigenvalue weighted by Crippen LogP contribution is -2.35. The van der Waals surface area contributed by atoms with E-state index in [0.717, 1.165) is 49.8 Å². The molecule has 0 radical (unpaired) electrons. The molecule has 2 aliphatic heterocycles. The number of hydrogen-bond donors (Lipinski definition) is 0. The highest BCUT2D eigenvalue weighted by Crippen LogP contribution is 2.25. The summed E-state index contributed by atoms with van der Waals surface area (Å²) < 4.78 is 0. The van der Waals surface area contributed by atoms with Gasteiger partial charge in [-0.3, -0.25) is 14.7 Å². The number of likely N-dealkylation sites (tertiary alicyclic amines) is 1. The van der Waals surface area contributed by atoms with E-state index in [0.29, 0.717) is 6.54 Å². The Labute approximate surface area is 149 Å². The highest BCUT2D eigenvalue weighted by Gasteiger charge is 2.28. The third kappa shape index (κ3) is 3.74. The fourth-order valence-corrected chi connectivity index (χ4v) is 3.98. The van der Waals surface area contributed by atoms with Gasteiger partial charge in [-0.15, -0.1) is 0 Å². The monoisotopic (exact) mass is 335 g/mol. The van der Waals surface area contributed by atoms with E-state index in [1.807, 2.05) is 17.0 Å². The van der Waals surface area contributed by atoms with Gasteiger partial charge in [0.1, 0.15) is 0 Å². The molecule has 0 atom stereocenters. The predicted molar refractivity (Wildman–Crippen MR) is 98.0 cm³/mol. The van der Waals surface area contributed by atoms with E-state index in [2.05, 4.69) is 40.2 Å². The van der Waals surface area contributed by atoms with Crippen LogP contribution < -0.4 is 0 Å². The van der Waals surface area contributed by atoms with E-state index in [1.54, 1.807) is 6.20 Å². The third-order valence-electron chi connectivity index (χ3n) is 5.51. The van der Waals surface area contributed by atoms with Gasteiger partial charge in [0.2, 0.25) is 0 Å².